The summed E-state index contributed by atoms with van der Waals surface area (Å²) in [4.78, 5) is 18.3. The van der Waals surface area contributed by atoms with Crippen LogP contribution in [0.3, 0.4) is 0 Å². The lowest BCUT2D eigenvalue weighted by molar-refractivity contribution is 0.102. The molecule has 1 aliphatic carbocycles. The molecular weight excluding hydrogens is 320 g/mol. The van der Waals surface area contributed by atoms with Gasteiger partial charge in [-0.15, -0.1) is 11.3 Å². The van der Waals surface area contributed by atoms with E-state index in [0.29, 0.717) is 21.5 Å². The van der Waals surface area contributed by atoms with Crippen LogP contribution >= 0.6 is 22.9 Å². The van der Waals surface area contributed by atoms with Gasteiger partial charge in [0.2, 0.25) is 0 Å². The van der Waals surface area contributed by atoms with Gasteiger partial charge in [0.1, 0.15) is 5.75 Å². The minimum Gasteiger partial charge on any atom is -0.496 e. The molecule has 0 fully saturated rings. The summed E-state index contributed by atoms with van der Waals surface area (Å²) < 4.78 is 5.22. The second-order valence-electron chi connectivity index (χ2n) is 5.25. The average molecular weight is 337 g/mol. The number of ether oxygens (including phenoxy) is 1. The standard InChI is InChI=1S/C16H17ClN2O2S/c1-21-13-9-10(17)7-8-11(13)15(20)19-16-18-12-5-3-2-4-6-14(12)22-16/h7-9H,2-6H2,1H3,(H,18,19,20). The van der Waals surface area contributed by atoms with Crippen LogP contribution in [0, 0.1) is 0 Å². The maximum Gasteiger partial charge on any atom is 0.261 e. The van der Waals surface area contributed by atoms with E-state index in [1.807, 2.05) is 0 Å². The number of halogens is 1. The van der Waals surface area contributed by atoms with E-state index < -0.39 is 0 Å². The molecule has 0 saturated carbocycles. The van der Waals surface area contributed by atoms with E-state index in [2.05, 4.69) is 10.3 Å². The lowest BCUT2D eigenvalue weighted by Gasteiger charge is -2.08. The van der Waals surface area contributed by atoms with Gasteiger partial charge in [0.25, 0.3) is 5.91 Å². The topological polar surface area (TPSA) is 51.2 Å². The fraction of sp³-hybridized carbons (Fsp3) is 0.375. The monoisotopic (exact) mass is 336 g/mol. The van der Waals surface area contributed by atoms with Gasteiger partial charge in [0.15, 0.2) is 5.13 Å². The third kappa shape index (κ3) is 3.25. The van der Waals surface area contributed by atoms with Gasteiger partial charge in [0, 0.05) is 9.90 Å². The molecular formula is C16H17ClN2O2S. The summed E-state index contributed by atoms with van der Waals surface area (Å²) in [5.74, 6) is 0.237. The molecule has 0 spiro atoms. The highest BCUT2D eigenvalue weighted by atomic mass is 35.5. The van der Waals surface area contributed by atoms with Crippen molar-refractivity contribution in [3.63, 3.8) is 0 Å². The minimum atomic E-state index is -0.225. The number of aromatic nitrogens is 1. The van der Waals surface area contributed by atoms with E-state index in [1.165, 1.54) is 31.2 Å². The second-order valence-corrected chi connectivity index (χ2v) is 6.77. The first-order valence-electron chi connectivity index (χ1n) is 7.31. The second kappa shape index (κ2) is 6.67. The molecule has 4 nitrogen and oxygen atoms in total. The third-order valence-electron chi connectivity index (χ3n) is 3.72. The summed E-state index contributed by atoms with van der Waals surface area (Å²) in [6.07, 6.45) is 5.70. The van der Waals surface area contributed by atoms with E-state index in [1.54, 1.807) is 29.5 Å². The summed E-state index contributed by atoms with van der Waals surface area (Å²) in [5, 5.41) is 4.07. The van der Waals surface area contributed by atoms with Crippen LogP contribution in [-0.4, -0.2) is 18.0 Å². The number of fused-ring (bicyclic) bond motifs is 1. The zero-order chi connectivity index (χ0) is 15.5. The number of thiazole rings is 1. The molecule has 1 N–H and O–H groups in total. The number of amides is 1. The quantitative estimate of drug-likeness (QED) is 0.849. The molecule has 0 atom stereocenters. The highest BCUT2D eigenvalue weighted by Crippen LogP contribution is 2.30. The van der Waals surface area contributed by atoms with E-state index in [-0.39, 0.29) is 5.91 Å². The van der Waals surface area contributed by atoms with Crippen molar-refractivity contribution >= 4 is 34.0 Å². The highest BCUT2D eigenvalue weighted by molar-refractivity contribution is 7.15. The number of carbonyl (C=O) groups excluding carboxylic acids is 1. The lowest BCUT2D eigenvalue weighted by Crippen LogP contribution is -2.13. The summed E-state index contributed by atoms with van der Waals surface area (Å²) in [5.41, 5.74) is 1.60. The number of rotatable bonds is 3. The first-order valence-corrected chi connectivity index (χ1v) is 8.50. The smallest absolute Gasteiger partial charge is 0.261 e. The Labute approximate surface area is 138 Å². The van der Waals surface area contributed by atoms with Gasteiger partial charge in [-0.2, -0.15) is 0 Å². The van der Waals surface area contributed by atoms with Gasteiger partial charge >= 0.3 is 0 Å². The number of hydrogen-bond acceptors (Lipinski definition) is 4. The molecule has 0 bridgehead atoms. The normalized spacial score (nSPS) is 14.1. The van der Waals surface area contributed by atoms with Gasteiger partial charge in [0.05, 0.1) is 18.4 Å². The number of aryl methyl sites for hydroxylation is 2. The SMILES string of the molecule is COc1cc(Cl)ccc1C(=O)Nc1nc2c(s1)CCCCC2. The molecule has 1 aliphatic rings. The largest absolute Gasteiger partial charge is 0.496 e. The molecule has 1 aromatic carbocycles. The molecule has 6 heteroatoms. The van der Waals surface area contributed by atoms with Gasteiger partial charge in [-0.25, -0.2) is 4.98 Å². The molecule has 0 aliphatic heterocycles. The lowest BCUT2D eigenvalue weighted by atomic mass is 10.2. The predicted molar refractivity (Wildman–Crippen MR) is 89.3 cm³/mol. The van der Waals surface area contributed by atoms with Crippen molar-refractivity contribution < 1.29 is 9.53 Å². The molecule has 1 amide bonds. The predicted octanol–water partition coefficient (Wildman–Crippen LogP) is 4.33. The number of nitrogens with zero attached hydrogens (tertiary/aromatic N) is 1. The van der Waals surface area contributed by atoms with Crippen LogP contribution in [-0.2, 0) is 12.8 Å². The summed E-state index contributed by atoms with van der Waals surface area (Å²) in [7, 11) is 1.52. The highest BCUT2D eigenvalue weighted by Gasteiger charge is 2.18. The third-order valence-corrected chi connectivity index (χ3v) is 5.03. The van der Waals surface area contributed by atoms with Gasteiger partial charge in [-0.1, -0.05) is 18.0 Å². The molecule has 0 radical (unpaired) electrons. The zero-order valence-corrected chi connectivity index (χ0v) is 13.9. The van der Waals surface area contributed by atoms with Crippen molar-refractivity contribution in [3.8, 4) is 5.75 Å². The molecule has 1 heterocycles. The van der Waals surface area contributed by atoms with E-state index in [9.17, 15) is 4.79 Å². The Kier molecular flexibility index (Phi) is 4.64. The van der Waals surface area contributed by atoms with Crippen molar-refractivity contribution in [1.82, 2.24) is 4.98 Å². The molecule has 1 aromatic heterocycles. The van der Waals surface area contributed by atoms with Crippen molar-refractivity contribution in [2.45, 2.75) is 32.1 Å². The molecule has 0 unspecified atom stereocenters. The van der Waals surface area contributed by atoms with E-state index >= 15 is 0 Å². The van der Waals surface area contributed by atoms with Gasteiger partial charge < -0.3 is 4.74 Å². The van der Waals surface area contributed by atoms with Crippen LogP contribution in [0.15, 0.2) is 18.2 Å². The van der Waals surface area contributed by atoms with Crippen molar-refractivity contribution in [3.05, 3.63) is 39.4 Å². The Balaban J connectivity index is 1.80. The molecule has 116 valence electrons. The fourth-order valence-electron chi connectivity index (χ4n) is 2.60. The first-order chi connectivity index (χ1) is 10.7. The molecule has 22 heavy (non-hydrogen) atoms. The van der Waals surface area contributed by atoms with E-state index in [4.69, 9.17) is 16.3 Å². The van der Waals surface area contributed by atoms with Crippen LogP contribution in [0.1, 0.15) is 40.2 Å². The Morgan fingerprint density at radius 1 is 1.32 bits per heavy atom. The Bertz CT molecular complexity index is 676. The number of nitrogens with one attached hydrogen (secondary N) is 1. The van der Waals surface area contributed by atoms with Gasteiger partial charge in [-0.05, 0) is 43.9 Å². The maximum atomic E-state index is 12.4. The summed E-state index contributed by atoms with van der Waals surface area (Å²) in [6.45, 7) is 0. The van der Waals surface area contributed by atoms with Crippen LogP contribution in [0.5, 0.6) is 5.75 Å². The average Bonchev–Trinajstić information content (AvgIpc) is 2.75. The maximum absolute atomic E-state index is 12.4. The van der Waals surface area contributed by atoms with Crippen LogP contribution in [0.4, 0.5) is 5.13 Å². The van der Waals surface area contributed by atoms with Crippen molar-refractivity contribution in [1.29, 1.82) is 0 Å². The fourth-order valence-corrected chi connectivity index (χ4v) is 3.81. The van der Waals surface area contributed by atoms with Crippen LogP contribution < -0.4 is 10.1 Å². The van der Waals surface area contributed by atoms with E-state index in [0.717, 1.165) is 18.5 Å². The first kappa shape index (κ1) is 15.3. The Morgan fingerprint density at radius 2 is 2.14 bits per heavy atom. The van der Waals surface area contributed by atoms with Crippen LogP contribution in [0.2, 0.25) is 5.02 Å². The minimum absolute atomic E-state index is 0.225. The summed E-state index contributed by atoms with van der Waals surface area (Å²) in [6, 6.07) is 4.97. The van der Waals surface area contributed by atoms with Crippen molar-refractivity contribution in [2.24, 2.45) is 0 Å². The molecule has 2 aromatic rings. The Morgan fingerprint density at radius 3 is 2.95 bits per heavy atom. The molecule has 0 saturated heterocycles. The zero-order valence-electron chi connectivity index (χ0n) is 12.3. The number of carbonyl (C=O) groups is 1. The Hall–Kier alpha value is -1.59. The molecule has 3 rings (SSSR count). The summed E-state index contributed by atoms with van der Waals surface area (Å²) >= 11 is 7.50. The van der Waals surface area contributed by atoms with Crippen LogP contribution in [0.25, 0.3) is 0 Å². The number of methoxy groups -OCH3 is 1. The van der Waals surface area contributed by atoms with Gasteiger partial charge in [-0.3, -0.25) is 10.1 Å². The number of benzene rings is 1. The number of anilines is 1. The number of hydrogen-bond donors (Lipinski definition) is 1. The van der Waals surface area contributed by atoms with Crippen molar-refractivity contribution in [2.75, 3.05) is 12.4 Å².